The molecule has 0 spiro atoms. The molecule has 2 N–H and O–H groups in total. The summed E-state index contributed by atoms with van der Waals surface area (Å²) in [5.74, 6) is 0. The van der Waals surface area contributed by atoms with Crippen LogP contribution >= 0.6 is 11.3 Å². The molecular weight excluding hydrogens is 246 g/mol. The lowest BCUT2D eigenvalue weighted by Crippen LogP contribution is -2.41. The molecule has 0 aliphatic heterocycles. The van der Waals surface area contributed by atoms with E-state index in [-0.39, 0.29) is 10.3 Å². The maximum atomic E-state index is 12.2. The second-order valence-electron chi connectivity index (χ2n) is 4.03. The van der Waals surface area contributed by atoms with Crippen molar-refractivity contribution in [1.82, 2.24) is 9.29 Å². The predicted molar refractivity (Wildman–Crippen MR) is 63.9 cm³/mol. The van der Waals surface area contributed by atoms with Crippen LogP contribution in [0.4, 0.5) is 5.13 Å². The molecule has 90 valence electrons. The Hall–Kier alpha value is -0.660. The summed E-state index contributed by atoms with van der Waals surface area (Å²) in [6, 6.07) is 0.146. The number of rotatable bonds is 3. The van der Waals surface area contributed by atoms with Gasteiger partial charge < -0.3 is 5.73 Å². The van der Waals surface area contributed by atoms with E-state index in [1.807, 2.05) is 0 Å². The highest BCUT2D eigenvalue weighted by Crippen LogP contribution is 2.32. The molecular formula is C9H15N3O2S2. The van der Waals surface area contributed by atoms with E-state index >= 15 is 0 Å². The molecule has 0 saturated heterocycles. The van der Waals surface area contributed by atoms with Gasteiger partial charge in [0.05, 0.1) is 5.69 Å². The predicted octanol–water partition coefficient (Wildman–Crippen LogP) is 1.21. The summed E-state index contributed by atoms with van der Waals surface area (Å²) in [6.07, 6.45) is 3.00. The Morgan fingerprint density at radius 3 is 2.50 bits per heavy atom. The van der Waals surface area contributed by atoms with E-state index < -0.39 is 10.0 Å². The highest BCUT2D eigenvalue weighted by molar-refractivity contribution is 7.91. The highest BCUT2D eigenvalue weighted by Gasteiger charge is 2.34. The summed E-state index contributed by atoms with van der Waals surface area (Å²) in [5, 5.41) is 0.304. The van der Waals surface area contributed by atoms with Crippen LogP contribution in [0.25, 0.3) is 0 Å². The van der Waals surface area contributed by atoms with Crippen LogP contribution in [0.15, 0.2) is 4.21 Å². The van der Waals surface area contributed by atoms with E-state index in [0.717, 1.165) is 30.6 Å². The maximum Gasteiger partial charge on any atom is 0.254 e. The van der Waals surface area contributed by atoms with Gasteiger partial charge in [-0.25, -0.2) is 13.4 Å². The minimum Gasteiger partial charge on any atom is -0.375 e. The van der Waals surface area contributed by atoms with Gasteiger partial charge in [0.15, 0.2) is 9.34 Å². The van der Waals surface area contributed by atoms with Crippen LogP contribution in [0.1, 0.15) is 25.0 Å². The van der Waals surface area contributed by atoms with Crippen molar-refractivity contribution in [1.29, 1.82) is 0 Å². The highest BCUT2D eigenvalue weighted by atomic mass is 32.2. The van der Waals surface area contributed by atoms with Gasteiger partial charge in [-0.1, -0.05) is 17.8 Å². The van der Waals surface area contributed by atoms with E-state index in [1.165, 1.54) is 4.31 Å². The van der Waals surface area contributed by atoms with Crippen molar-refractivity contribution in [2.75, 3.05) is 12.8 Å². The minimum absolute atomic E-state index is 0.146. The summed E-state index contributed by atoms with van der Waals surface area (Å²) < 4.78 is 26.2. The van der Waals surface area contributed by atoms with Crippen LogP contribution in [-0.4, -0.2) is 30.8 Å². The number of nitrogens with zero attached hydrogens (tertiary/aromatic N) is 2. The average molecular weight is 261 g/mol. The van der Waals surface area contributed by atoms with Crippen molar-refractivity contribution < 1.29 is 8.42 Å². The lowest BCUT2D eigenvalue weighted by molar-refractivity contribution is 0.250. The number of nitrogens with two attached hydrogens (primary N) is 1. The zero-order chi connectivity index (χ0) is 11.9. The Labute approximate surface area is 99.3 Å². The number of aromatic nitrogens is 1. The Morgan fingerprint density at radius 1 is 1.50 bits per heavy atom. The van der Waals surface area contributed by atoms with Crippen molar-refractivity contribution in [3.05, 3.63) is 5.69 Å². The van der Waals surface area contributed by atoms with E-state index in [1.54, 1.807) is 14.0 Å². The quantitative estimate of drug-likeness (QED) is 0.887. The van der Waals surface area contributed by atoms with E-state index in [9.17, 15) is 8.42 Å². The van der Waals surface area contributed by atoms with Gasteiger partial charge >= 0.3 is 0 Å². The van der Waals surface area contributed by atoms with E-state index in [0.29, 0.717) is 10.8 Å². The number of hydrogen-bond acceptors (Lipinski definition) is 5. The second kappa shape index (κ2) is 3.97. The van der Waals surface area contributed by atoms with Gasteiger partial charge in [0.25, 0.3) is 10.0 Å². The van der Waals surface area contributed by atoms with Crippen LogP contribution in [0.2, 0.25) is 0 Å². The Kier molecular flexibility index (Phi) is 2.93. The van der Waals surface area contributed by atoms with Gasteiger partial charge in [0.2, 0.25) is 0 Å². The maximum absolute atomic E-state index is 12.2. The molecule has 1 aliphatic carbocycles. The molecule has 1 aromatic heterocycles. The van der Waals surface area contributed by atoms with Crippen LogP contribution in [0.5, 0.6) is 0 Å². The molecule has 1 heterocycles. The molecule has 0 radical (unpaired) electrons. The minimum atomic E-state index is -3.40. The largest absolute Gasteiger partial charge is 0.375 e. The van der Waals surface area contributed by atoms with Gasteiger partial charge in [-0.2, -0.15) is 4.31 Å². The number of anilines is 1. The second-order valence-corrected chi connectivity index (χ2v) is 7.25. The SMILES string of the molecule is Cc1nc(N)sc1S(=O)(=O)N(C)C1CCC1. The van der Waals surface area contributed by atoms with E-state index in [2.05, 4.69) is 4.98 Å². The molecule has 0 atom stereocenters. The smallest absolute Gasteiger partial charge is 0.254 e. The summed E-state index contributed by atoms with van der Waals surface area (Å²) in [4.78, 5) is 3.95. The first-order valence-electron chi connectivity index (χ1n) is 5.14. The Balaban J connectivity index is 2.34. The normalized spacial score (nSPS) is 17.7. The molecule has 0 aromatic carbocycles. The summed E-state index contributed by atoms with van der Waals surface area (Å²) in [6.45, 7) is 1.67. The zero-order valence-corrected chi connectivity index (χ0v) is 10.9. The molecule has 1 saturated carbocycles. The molecule has 0 unspecified atom stereocenters. The number of nitrogen functional groups attached to an aromatic ring is 1. The number of hydrogen-bond donors (Lipinski definition) is 1. The van der Waals surface area contributed by atoms with Crippen LogP contribution in [0.3, 0.4) is 0 Å². The zero-order valence-electron chi connectivity index (χ0n) is 9.30. The lowest BCUT2D eigenvalue weighted by Gasteiger charge is -2.33. The molecule has 0 bridgehead atoms. The summed E-state index contributed by atoms with van der Waals surface area (Å²) in [5.41, 5.74) is 6.02. The molecule has 2 rings (SSSR count). The first-order valence-corrected chi connectivity index (χ1v) is 7.39. The molecule has 0 amide bonds. The lowest BCUT2D eigenvalue weighted by atomic mass is 9.94. The number of sulfonamides is 1. The van der Waals surface area contributed by atoms with E-state index in [4.69, 9.17) is 5.73 Å². The average Bonchev–Trinajstić information content (AvgIpc) is 2.42. The van der Waals surface area contributed by atoms with Gasteiger partial charge in [-0.3, -0.25) is 0 Å². The number of thiazole rings is 1. The number of aryl methyl sites for hydroxylation is 1. The van der Waals surface area contributed by atoms with Crippen molar-refractivity contribution in [3.63, 3.8) is 0 Å². The first kappa shape index (κ1) is 11.8. The van der Waals surface area contributed by atoms with Gasteiger partial charge in [0, 0.05) is 13.1 Å². The standard InChI is InChI=1S/C9H15N3O2S2/c1-6-8(15-9(10)11-6)16(13,14)12(2)7-4-3-5-7/h7H,3-5H2,1-2H3,(H2,10,11). The fourth-order valence-corrected chi connectivity index (χ4v) is 4.60. The fourth-order valence-electron chi connectivity index (χ4n) is 1.72. The molecule has 16 heavy (non-hydrogen) atoms. The molecule has 1 aromatic rings. The topological polar surface area (TPSA) is 76.3 Å². The van der Waals surface area contributed by atoms with Crippen molar-refractivity contribution >= 4 is 26.5 Å². The van der Waals surface area contributed by atoms with Gasteiger partial charge in [-0.15, -0.1) is 0 Å². The van der Waals surface area contributed by atoms with Crippen LogP contribution < -0.4 is 5.73 Å². The molecule has 1 aliphatic rings. The third-order valence-corrected chi connectivity index (χ3v) is 6.46. The van der Waals surface area contributed by atoms with Gasteiger partial charge in [-0.05, 0) is 19.8 Å². The Morgan fingerprint density at radius 2 is 2.12 bits per heavy atom. The third kappa shape index (κ3) is 1.83. The molecule has 5 nitrogen and oxygen atoms in total. The molecule has 1 fully saturated rings. The van der Waals surface area contributed by atoms with Crippen LogP contribution in [0, 0.1) is 6.92 Å². The molecule has 7 heteroatoms. The van der Waals surface area contributed by atoms with Crippen molar-refractivity contribution in [3.8, 4) is 0 Å². The first-order chi connectivity index (χ1) is 7.43. The van der Waals surface area contributed by atoms with Gasteiger partial charge in [0.1, 0.15) is 0 Å². The summed E-state index contributed by atoms with van der Waals surface area (Å²) in [7, 11) is -1.77. The summed E-state index contributed by atoms with van der Waals surface area (Å²) >= 11 is 1.04. The van der Waals surface area contributed by atoms with Crippen molar-refractivity contribution in [2.45, 2.75) is 36.4 Å². The third-order valence-electron chi connectivity index (χ3n) is 2.97. The van der Waals surface area contributed by atoms with Crippen molar-refractivity contribution in [2.24, 2.45) is 0 Å². The van der Waals surface area contributed by atoms with Crippen LogP contribution in [-0.2, 0) is 10.0 Å². The fraction of sp³-hybridized carbons (Fsp3) is 0.667. The monoisotopic (exact) mass is 261 g/mol. The Bertz CT molecular complexity index is 491.